The predicted octanol–water partition coefficient (Wildman–Crippen LogP) is 2.79. The Labute approximate surface area is 184 Å². The van der Waals surface area contributed by atoms with Crippen molar-refractivity contribution in [3.05, 3.63) is 54.2 Å². The van der Waals surface area contributed by atoms with Crippen LogP contribution in [0.4, 0.5) is 5.82 Å². The molecule has 7 heteroatoms. The summed E-state index contributed by atoms with van der Waals surface area (Å²) in [5.74, 6) is 1.11. The lowest BCUT2D eigenvalue weighted by atomic mass is 9.99. The first-order valence-corrected chi connectivity index (χ1v) is 10.7. The molecule has 1 aliphatic rings. The Morgan fingerprint density at radius 1 is 1.19 bits per heavy atom. The Kier molecular flexibility index (Phi) is 7.15. The van der Waals surface area contributed by atoms with Gasteiger partial charge in [-0.2, -0.15) is 0 Å². The highest BCUT2D eigenvalue weighted by Gasteiger charge is 2.36. The molecular weight excluding hydrogens is 392 g/mol. The molecule has 166 valence electrons. The van der Waals surface area contributed by atoms with Gasteiger partial charge in [-0.3, -0.25) is 9.59 Å². The van der Waals surface area contributed by atoms with Gasteiger partial charge < -0.3 is 19.9 Å². The van der Waals surface area contributed by atoms with Crippen LogP contribution < -0.4 is 15.0 Å². The van der Waals surface area contributed by atoms with Crippen LogP contribution in [0.3, 0.4) is 0 Å². The SMILES string of the molecule is Cc1cccc(N2CCC[C@H](N(C)C(=O)C(C)(C)NC(=O)COc3ccccc3)C2)n1. The zero-order valence-corrected chi connectivity index (χ0v) is 18.8. The summed E-state index contributed by atoms with van der Waals surface area (Å²) in [5, 5.41) is 2.82. The maximum Gasteiger partial charge on any atom is 0.258 e. The maximum absolute atomic E-state index is 13.2. The van der Waals surface area contributed by atoms with Gasteiger partial charge in [0.2, 0.25) is 5.91 Å². The highest BCUT2D eigenvalue weighted by Crippen LogP contribution is 2.22. The molecule has 7 nitrogen and oxygen atoms in total. The molecule has 0 aliphatic carbocycles. The van der Waals surface area contributed by atoms with Crippen molar-refractivity contribution in [1.82, 2.24) is 15.2 Å². The summed E-state index contributed by atoms with van der Waals surface area (Å²) in [6, 6.07) is 15.2. The number of aryl methyl sites for hydroxylation is 1. The second-order valence-corrected chi connectivity index (χ2v) is 8.57. The quantitative estimate of drug-likeness (QED) is 0.740. The van der Waals surface area contributed by atoms with Gasteiger partial charge in [0.1, 0.15) is 17.1 Å². The van der Waals surface area contributed by atoms with Crippen LogP contribution >= 0.6 is 0 Å². The molecule has 2 heterocycles. The van der Waals surface area contributed by atoms with Gasteiger partial charge in [0.15, 0.2) is 6.61 Å². The van der Waals surface area contributed by atoms with Gasteiger partial charge in [0, 0.05) is 31.9 Å². The van der Waals surface area contributed by atoms with Gasteiger partial charge in [-0.1, -0.05) is 24.3 Å². The number of aromatic nitrogens is 1. The van der Waals surface area contributed by atoms with Crippen LogP contribution in [0.25, 0.3) is 0 Å². The Morgan fingerprint density at radius 3 is 2.65 bits per heavy atom. The van der Waals surface area contributed by atoms with Crippen LogP contribution in [0, 0.1) is 6.92 Å². The third-order valence-corrected chi connectivity index (χ3v) is 5.56. The number of carbonyl (C=O) groups is 2. The largest absolute Gasteiger partial charge is 0.484 e. The van der Waals surface area contributed by atoms with Crippen molar-refractivity contribution in [3.63, 3.8) is 0 Å². The molecule has 0 bridgehead atoms. The first-order valence-electron chi connectivity index (χ1n) is 10.7. The van der Waals surface area contributed by atoms with Crippen LogP contribution in [0.15, 0.2) is 48.5 Å². The van der Waals surface area contributed by atoms with Gasteiger partial charge in [0.25, 0.3) is 5.91 Å². The van der Waals surface area contributed by atoms with Gasteiger partial charge in [-0.15, -0.1) is 0 Å². The molecule has 1 saturated heterocycles. The van der Waals surface area contributed by atoms with E-state index in [1.54, 1.807) is 30.9 Å². The summed E-state index contributed by atoms with van der Waals surface area (Å²) in [4.78, 5) is 34.2. The molecule has 1 aromatic carbocycles. The summed E-state index contributed by atoms with van der Waals surface area (Å²) in [5.41, 5.74) is -0.0546. The number of pyridine rings is 1. The number of nitrogens with zero attached hydrogens (tertiary/aromatic N) is 3. The maximum atomic E-state index is 13.2. The molecule has 0 unspecified atom stereocenters. The molecule has 3 rings (SSSR count). The number of piperidine rings is 1. The van der Waals surface area contributed by atoms with E-state index >= 15 is 0 Å². The first kappa shape index (κ1) is 22.6. The average Bonchev–Trinajstić information content (AvgIpc) is 2.77. The number of likely N-dealkylation sites (N-methyl/N-ethyl adjacent to an activating group) is 1. The fourth-order valence-corrected chi connectivity index (χ4v) is 3.89. The van der Waals surface area contributed by atoms with Crippen molar-refractivity contribution in [2.45, 2.75) is 45.2 Å². The van der Waals surface area contributed by atoms with Gasteiger partial charge in [-0.25, -0.2) is 4.98 Å². The highest BCUT2D eigenvalue weighted by molar-refractivity contribution is 5.91. The molecule has 0 spiro atoms. The number of rotatable bonds is 7. The third kappa shape index (κ3) is 5.96. The van der Waals surface area contributed by atoms with E-state index in [4.69, 9.17) is 4.74 Å². The minimum atomic E-state index is -1.03. The number of amides is 2. The van der Waals surface area contributed by atoms with Gasteiger partial charge in [0.05, 0.1) is 0 Å². The van der Waals surface area contributed by atoms with Crippen molar-refractivity contribution >= 4 is 17.6 Å². The normalized spacial score (nSPS) is 16.5. The van der Waals surface area contributed by atoms with E-state index in [2.05, 4.69) is 15.2 Å². The highest BCUT2D eigenvalue weighted by atomic mass is 16.5. The molecule has 1 aliphatic heterocycles. The number of anilines is 1. The predicted molar refractivity (Wildman–Crippen MR) is 121 cm³/mol. The Hall–Kier alpha value is -3.09. The number of nitrogens with one attached hydrogen (secondary N) is 1. The number of para-hydroxylation sites is 1. The molecule has 31 heavy (non-hydrogen) atoms. The van der Waals surface area contributed by atoms with Crippen LogP contribution in [0.5, 0.6) is 5.75 Å². The van der Waals surface area contributed by atoms with Crippen molar-refractivity contribution < 1.29 is 14.3 Å². The van der Waals surface area contributed by atoms with E-state index in [1.807, 2.05) is 50.4 Å². The van der Waals surface area contributed by atoms with Crippen molar-refractivity contribution in [2.24, 2.45) is 0 Å². The molecule has 2 amide bonds. The topological polar surface area (TPSA) is 74.8 Å². The summed E-state index contributed by atoms with van der Waals surface area (Å²) in [6.45, 7) is 6.95. The van der Waals surface area contributed by atoms with E-state index in [0.717, 1.165) is 37.4 Å². The van der Waals surface area contributed by atoms with E-state index in [0.29, 0.717) is 5.75 Å². The lowest BCUT2D eigenvalue weighted by Gasteiger charge is -2.41. The second-order valence-electron chi connectivity index (χ2n) is 8.57. The van der Waals surface area contributed by atoms with Crippen molar-refractivity contribution in [3.8, 4) is 5.75 Å². The summed E-state index contributed by atoms with van der Waals surface area (Å²) in [7, 11) is 1.81. The van der Waals surface area contributed by atoms with Crippen LogP contribution in [-0.2, 0) is 9.59 Å². The molecule has 1 atom stereocenters. The number of carbonyl (C=O) groups excluding carboxylic acids is 2. The lowest BCUT2D eigenvalue weighted by molar-refractivity contribution is -0.141. The molecule has 1 aromatic heterocycles. The number of benzene rings is 1. The molecule has 2 aromatic rings. The van der Waals surface area contributed by atoms with E-state index in [1.165, 1.54) is 0 Å². The number of hydrogen-bond acceptors (Lipinski definition) is 5. The zero-order valence-electron chi connectivity index (χ0n) is 18.8. The second kappa shape index (κ2) is 9.81. The fourth-order valence-electron chi connectivity index (χ4n) is 3.89. The minimum absolute atomic E-state index is 0.0558. The summed E-state index contributed by atoms with van der Waals surface area (Å²) >= 11 is 0. The number of ether oxygens (including phenoxy) is 1. The monoisotopic (exact) mass is 424 g/mol. The van der Waals surface area contributed by atoms with E-state index < -0.39 is 5.54 Å². The molecular formula is C24H32N4O3. The Morgan fingerprint density at radius 2 is 1.94 bits per heavy atom. The first-order chi connectivity index (χ1) is 14.8. The molecule has 1 N–H and O–H groups in total. The Bertz CT molecular complexity index is 901. The molecule has 1 fully saturated rings. The summed E-state index contributed by atoms with van der Waals surface area (Å²) in [6.07, 6.45) is 1.90. The van der Waals surface area contributed by atoms with Gasteiger partial charge in [-0.05, 0) is 57.9 Å². The fraction of sp³-hybridized carbons (Fsp3) is 0.458. The van der Waals surface area contributed by atoms with Crippen molar-refractivity contribution in [1.29, 1.82) is 0 Å². The third-order valence-electron chi connectivity index (χ3n) is 5.56. The average molecular weight is 425 g/mol. The van der Waals surface area contributed by atoms with Crippen molar-refractivity contribution in [2.75, 3.05) is 31.6 Å². The smallest absolute Gasteiger partial charge is 0.258 e. The van der Waals surface area contributed by atoms with Crippen LogP contribution in [0.2, 0.25) is 0 Å². The van der Waals surface area contributed by atoms with E-state index in [9.17, 15) is 9.59 Å². The zero-order chi connectivity index (χ0) is 22.4. The van der Waals surface area contributed by atoms with Gasteiger partial charge >= 0.3 is 0 Å². The van der Waals surface area contributed by atoms with E-state index in [-0.39, 0.29) is 24.5 Å². The Balaban J connectivity index is 1.57. The number of hydrogen-bond donors (Lipinski definition) is 1. The minimum Gasteiger partial charge on any atom is -0.484 e. The summed E-state index contributed by atoms with van der Waals surface area (Å²) < 4.78 is 5.49. The van der Waals surface area contributed by atoms with Crippen LogP contribution in [-0.4, -0.2) is 60.0 Å². The molecule has 0 saturated carbocycles. The van der Waals surface area contributed by atoms with Crippen LogP contribution in [0.1, 0.15) is 32.4 Å². The molecule has 0 radical (unpaired) electrons. The standard InChI is InChI=1S/C24H32N4O3/c1-18-10-8-14-21(25-18)28-15-9-11-19(16-28)27(4)23(30)24(2,3)26-22(29)17-31-20-12-6-5-7-13-20/h5-8,10,12-14,19H,9,11,15-17H2,1-4H3,(H,26,29)/t19-/m0/s1. The lowest BCUT2D eigenvalue weighted by Crippen LogP contribution is -2.59.